The third-order valence-electron chi connectivity index (χ3n) is 4.99. The Morgan fingerprint density at radius 3 is 2.87 bits per heavy atom. The number of fused-ring (bicyclic) bond motifs is 2. The first-order chi connectivity index (χ1) is 14.7. The molecule has 5 rings (SSSR count). The first-order valence-electron chi connectivity index (χ1n) is 9.55. The number of aryl methyl sites for hydroxylation is 1. The molecule has 0 radical (unpaired) electrons. The van der Waals surface area contributed by atoms with Crippen molar-refractivity contribution in [3.05, 3.63) is 71.5 Å². The van der Waals surface area contributed by atoms with E-state index in [2.05, 4.69) is 25.5 Å². The zero-order valence-electron chi connectivity index (χ0n) is 15.9. The number of benzene rings is 2. The summed E-state index contributed by atoms with van der Waals surface area (Å²) in [5, 5.41) is 14.6. The SMILES string of the molecule is O=C(O)c1ccnc(-c2ccc3c(c2)/C(=N/Nc2nc4ccccc4s2)CCC3)n1. The van der Waals surface area contributed by atoms with E-state index in [1.165, 1.54) is 17.8 Å². The second-order valence-electron chi connectivity index (χ2n) is 6.95. The molecule has 0 saturated heterocycles. The highest BCUT2D eigenvalue weighted by Gasteiger charge is 2.18. The molecule has 2 N–H and O–H groups in total. The molecule has 8 heteroatoms. The van der Waals surface area contributed by atoms with Gasteiger partial charge in [0.25, 0.3) is 0 Å². The van der Waals surface area contributed by atoms with Crippen LogP contribution in [0.4, 0.5) is 5.13 Å². The van der Waals surface area contributed by atoms with E-state index in [9.17, 15) is 9.90 Å². The Labute approximate surface area is 176 Å². The van der Waals surface area contributed by atoms with Crippen LogP contribution in [-0.4, -0.2) is 31.7 Å². The summed E-state index contributed by atoms with van der Waals surface area (Å²) in [6, 6.07) is 15.4. The van der Waals surface area contributed by atoms with Crippen LogP contribution >= 0.6 is 11.3 Å². The van der Waals surface area contributed by atoms with Gasteiger partial charge in [-0.2, -0.15) is 5.10 Å². The normalized spacial score (nSPS) is 14.6. The van der Waals surface area contributed by atoms with Crippen molar-refractivity contribution in [2.75, 3.05) is 5.43 Å². The summed E-state index contributed by atoms with van der Waals surface area (Å²) in [5.74, 6) is -0.680. The van der Waals surface area contributed by atoms with Gasteiger partial charge in [-0.3, -0.25) is 5.43 Å². The number of carboxylic acids is 1. The van der Waals surface area contributed by atoms with Crippen molar-refractivity contribution in [3.63, 3.8) is 0 Å². The van der Waals surface area contributed by atoms with Gasteiger partial charge in [0.05, 0.1) is 15.9 Å². The van der Waals surface area contributed by atoms with Gasteiger partial charge in [0, 0.05) is 17.3 Å². The number of thiazole rings is 1. The third-order valence-corrected chi connectivity index (χ3v) is 5.93. The average molecular weight is 415 g/mol. The van der Waals surface area contributed by atoms with Gasteiger partial charge < -0.3 is 5.11 Å². The van der Waals surface area contributed by atoms with E-state index in [1.807, 2.05) is 42.5 Å². The molecular weight excluding hydrogens is 398 g/mol. The molecule has 0 unspecified atom stereocenters. The van der Waals surface area contributed by atoms with Crippen LogP contribution in [0.25, 0.3) is 21.6 Å². The molecular formula is C22H17N5O2S. The molecule has 4 aromatic rings. The van der Waals surface area contributed by atoms with E-state index in [1.54, 1.807) is 11.3 Å². The number of rotatable bonds is 4. The first-order valence-corrected chi connectivity index (χ1v) is 10.4. The van der Waals surface area contributed by atoms with Gasteiger partial charge in [0.15, 0.2) is 11.5 Å². The van der Waals surface area contributed by atoms with Crippen LogP contribution in [0, 0.1) is 0 Å². The molecule has 30 heavy (non-hydrogen) atoms. The van der Waals surface area contributed by atoms with Crippen LogP contribution < -0.4 is 5.43 Å². The van der Waals surface area contributed by atoms with Crippen molar-refractivity contribution in [2.45, 2.75) is 19.3 Å². The Morgan fingerprint density at radius 1 is 1.10 bits per heavy atom. The van der Waals surface area contributed by atoms with E-state index in [0.29, 0.717) is 5.82 Å². The molecule has 1 aliphatic rings. The summed E-state index contributed by atoms with van der Waals surface area (Å²) in [5.41, 5.74) is 8.01. The van der Waals surface area contributed by atoms with Gasteiger partial charge in [0.1, 0.15) is 0 Å². The quantitative estimate of drug-likeness (QED) is 0.472. The van der Waals surface area contributed by atoms with Crippen LogP contribution in [0.5, 0.6) is 0 Å². The number of nitrogens with zero attached hydrogens (tertiary/aromatic N) is 4. The molecule has 0 saturated carbocycles. The minimum absolute atomic E-state index is 0.0240. The van der Waals surface area contributed by atoms with Gasteiger partial charge in [0.2, 0.25) is 5.13 Å². The van der Waals surface area contributed by atoms with Crippen LogP contribution in [-0.2, 0) is 6.42 Å². The summed E-state index contributed by atoms with van der Waals surface area (Å²) in [4.78, 5) is 24.2. The monoisotopic (exact) mass is 415 g/mol. The molecule has 2 aromatic heterocycles. The summed E-state index contributed by atoms with van der Waals surface area (Å²) in [6.45, 7) is 0. The first kappa shape index (κ1) is 18.4. The van der Waals surface area contributed by atoms with Crippen molar-refractivity contribution < 1.29 is 9.90 Å². The zero-order valence-corrected chi connectivity index (χ0v) is 16.7. The van der Waals surface area contributed by atoms with Crippen molar-refractivity contribution in [2.24, 2.45) is 5.10 Å². The summed E-state index contributed by atoms with van der Waals surface area (Å²) < 4.78 is 1.11. The van der Waals surface area contributed by atoms with Crippen molar-refractivity contribution in [1.82, 2.24) is 15.0 Å². The highest BCUT2D eigenvalue weighted by Crippen LogP contribution is 2.28. The molecule has 7 nitrogen and oxygen atoms in total. The topological polar surface area (TPSA) is 100 Å². The number of aromatic carboxylic acids is 1. The molecule has 2 heterocycles. The number of hydrogen-bond donors (Lipinski definition) is 2. The molecule has 148 valence electrons. The Balaban J connectivity index is 1.48. The molecule has 0 amide bonds. The van der Waals surface area contributed by atoms with E-state index >= 15 is 0 Å². The van der Waals surface area contributed by atoms with Gasteiger partial charge in [-0.15, -0.1) is 0 Å². The lowest BCUT2D eigenvalue weighted by atomic mass is 9.88. The molecule has 2 aromatic carbocycles. The maximum atomic E-state index is 11.2. The summed E-state index contributed by atoms with van der Waals surface area (Å²) in [6.07, 6.45) is 4.32. The number of para-hydroxylation sites is 1. The smallest absolute Gasteiger partial charge is 0.354 e. The minimum Gasteiger partial charge on any atom is -0.477 e. The number of carbonyl (C=O) groups is 1. The predicted octanol–water partition coefficient (Wildman–Crippen LogP) is 4.60. The van der Waals surface area contributed by atoms with Crippen molar-refractivity contribution in [3.8, 4) is 11.4 Å². The maximum absolute atomic E-state index is 11.2. The Morgan fingerprint density at radius 2 is 2.00 bits per heavy atom. The average Bonchev–Trinajstić information content (AvgIpc) is 3.20. The molecule has 0 aliphatic heterocycles. The van der Waals surface area contributed by atoms with Gasteiger partial charge in [-0.25, -0.2) is 19.7 Å². The van der Waals surface area contributed by atoms with Crippen molar-refractivity contribution >= 4 is 38.4 Å². The standard InChI is InChI=1S/C22H17N5O2S/c28-21(29)18-10-11-23-20(24-18)14-9-8-13-4-3-6-16(15(13)12-14)26-27-22-25-17-5-1-2-7-19(17)30-22/h1-2,5,7-12H,3-4,6H2,(H,25,27)(H,28,29)/b26-16+. The second kappa shape index (κ2) is 7.64. The Bertz CT molecular complexity index is 1260. The van der Waals surface area contributed by atoms with Crippen LogP contribution in [0.3, 0.4) is 0 Å². The lowest BCUT2D eigenvalue weighted by molar-refractivity contribution is 0.0690. The Kier molecular flexibility index (Phi) is 4.68. The predicted molar refractivity (Wildman–Crippen MR) is 117 cm³/mol. The van der Waals surface area contributed by atoms with Crippen LogP contribution in [0.2, 0.25) is 0 Å². The van der Waals surface area contributed by atoms with Crippen molar-refractivity contribution in [1.29, 1.82) is 0 Å². The zero-order chi connectivity index (χ0) is 20.5. The fourth-order valence-corrected chi connectivity index (χ4v) is 4.36. The highest BCUT2D eigenvalue weighted by atomic mass is 32.1. The van der Waals surface area contributed by atoms with Gasteiger partial charge in [-0.1, -0.05) is 35.6 Å². The summed E-state index contributed by atoms with van der Waals surface area (Å²) in [7, 11) is 0. The maximum Gasteiger partial charge on any atom is 0.354 e. The highest BCUT2D eigenvalue weighted by molar-refractivity contribution is 7.22. The Hall–Kier alpha value is -3.65. The number of carboxylic acid groups (broad SMARTS) is 1. The number of hydrogen-bond acceptors (Lipinski definition) is 7. The number of hydrazone groups is 1. The lowest BCUT2D eigenvalue weighted by Crippen LogP contribution is -2.14. The minimum atomic E-state index is -1.07. The molecule has 0 bridgehead atoms. The fraction of sp³-hybridized carbons (Fsp3) is 0.136. The third kappa shape index (κ3) is 3.53. The van der Waals surface area contributed by atoms with E-state index in [-0.39, 0.29) is 5.69 Å². The van der Waals surface area contributed by atoms with E-state index in [0.717, 1.165) is 51.4 Å². The molecule has 1 aliphatic carbocycles. The lowest BCUT2D eigenvalue weighted by Gasteiger charge is -2.18. The number of aromatic nitrogens is 3. The second-order valence-corrected chi connectivity index (χ2v) is 7.98. The van der Waals surface area contributed by atoms with Crippen LogP contribution in [0.1, 0.15) is 34.5 Å². The number of nitrogens with one attached hydrogen (secondary N) is 1. The largest absolute Gasteiger partial charge is 0.477 e. The van der Waals surface area contributed by atoms with Gasteiger partial charge >= 0.3 is 5.97 Å². The number of anilines is 1. The molecule has 0 atom stereocenters. The van der Waals surface area contributed by atoms with E-state index in [4.69, 9.17) is 0 Å². The van der Waals surface area contributed by atoms with E-state index < -0.39 is 5.97 Å². The van der Waals surface area contributed by atoms with Gasteiger partial charge in [-0.05, 0) is 49.1 Å². The molecule has 0 fully saturated rings. The fourth-order valence-electron chi connectivity index (χ4n) is 3.55. The molecule has 0 spiro atoms. The summed E-state index contributed by atoms with van der Waals surface area (Å²) >= 11 is 1.57. The van der Waals surface area contributed by atoms with Crippen LogP contribution in [0.15, 0.2) is 59.8 Å².